The van der Waals surface area contributed by atoms with E-state index in [1.54, 1.807) is 27.8 Å². The second-order valence-corrected chi connectivity index (χ2v) is 12.9. The predicted molar refractivity (Wildman–Crippen MR) is 170 cm³/mol. The minimum atomic E-state index is -0.545. The van der Waals surface area contributed by atoms with Crippen LogP contribution in [0.15, 0.2) is 23.1 Å². The number of nitrogens with zero attached hydrogens (tertiary/aromatic N) is 4. The molecule has 3 aromatic rings. The molecule has 2 aromatic heterocycles. The Hall–Kier alpha value is -3.28. The van der Waals surface area contributed by atoms with Gasteiger partial charge in [0.1, 0.15) is 22.7 Å². The molecule has 2 aliphatic rings. The summed E-state index contributed by atoms with van der Waals surface area (Å²) in [6.07, 6.45) is 5.02. The molecule has 11 nitrogen and oxygen atoms in total. The molecule has 0 unspecified atom stereocenters. The lowest BCUT2D eigenvalue weighted by molar-refractivity contribution is -0.0130. The van der Waals surface area contributed by atoms with Crippen molar-refractivity contribution < 1.29 is 23.7 Å². The van der Waals surface area contributed by atoms with Crippen molar-refractivity contribution in [2.45, 2.75) is 64.7 Å². The Morgan fingerprint density at radius 1 is 1.05 bits per heavy atom. The van der Waals surface area contributed by atoms with Crippen molar-refractivity contribution in [3.8, 4) is 22.6 Å². The Bertz CT molecular complexity index is 1550. The SMILES string of the molecule is COc1cc(OC)c(Cl)c(-c2cc3cnc(NCC4CC4)nc3n(CCOC3CCN(C(=O)OC(C)(C)C)CC3)c2=O)c1Cl. The average molecular weight is 649 g/mol. The van der Waals surface area contributed by atoms with E-state index < -0.39 is 5.60 Å². The third-order valence-corrected chi connectivity index (χ3v) is 8.43. The molecule has 1 saturated heterocycles. The summed E-state index contributed by atoms with van der Waals surface area (Å²) in [5, 5.41) is 4.31. The van der Waals surface area contributed by atoms with Gasteiger partial charge in [-0.2, -0.15) is 4.98 Å². The number of hydrogen-bond donors (Lipinski definition) is 1. The van der Waals surface area contributed by atoms with Gasteiger partial charge in [0, 0.05) is 42.8 Å². The van der Waals surface area contributed by atoms with Gasteiger partial charge in [-0.15, -0.1) is 0 Å². The second-order valence-electron chi connectivity index (χ2n) is 12.1. The molecule has 0 atom stereocenters. The van der Waals surface area contributed by atoms with Crippen LogP contribution in [-0.2, 0) is 16.0 Å². The van der Waals surface area contributed by atoms with Crippen molar-refractivity contribution in [1.82, 2.24) is 19.4 Å². The molecule has 44 heavy (non-hydrogen) atoms. The zero-order valence-corrected chi connectivity index (χ0v) is 27.3. The maximum atomic E-state index is 14.2. The summed E-state index contributed by atoms with van der Waals surface area (Å²) in [7, 11) is 2.96. The van der Waals surface area contributed by atoms with Gasteiger partial charge in [0.15, 0.2) is 0 Å². The molecule has 13 heteroatoms. The number of pyridine rings is 1. The first-order valence-corrected chi connectivity index (χ1v) is 15.6. The van der Waals surface area contributed by atoms with Crippen molar-refractivity contribution in [1.29, 1.82) is 0 Å². The van der Waals surface area contributed by atoms with Crippen LogP contribution in [0.4, 0.5) is 10.7 Å². The molecule has 238 valence electrons. The number of carbonyl (C=O) groups is 1. The van der Waals surface area contributed by atoms with Crippen molar-refractivity contribution in [2.75, 3.05) is 45.8 Å². The van der Waals surface area contributed by atoms with E-state index in [9.17, 15) is 9.59 Å². The Labute approximate surface area is 266 Å². The van der Waals surface area contributed by atoms with E-state index in [1.165, 1.54) is 27.1 Å². The number of anilines is 1. The van der Waals surface area contributed by atoms with Crippen molar-refractivity contribution in [3.05, 3.63) is 38.7 Å². The molecule has 1 N–H and O–H groups in total. The van der Waals surface area contributed by atoms with E-state index in [0.29, 0.717) is 65.9 Å². The van der Waals surface area contributed by atoms with Gasteiger partial charge in [0.25, 0.3) is 5.56 Å². The lowest BCUT2D eigenvalue weighted by Gasteiger charge is -2.33. The van der Waals surface area contributed by atoms with Crippen LogP contribution < -0.4 is 20.3 Å². The number of rotatable bonds is 10. The molecule has 1 amide bonds. The number of methoxy groups -OCH3 is 2. The van der Waals surface area contributed by atoms with E-state index in [-0.39, 0.29) is 46.5 Å². The average Bonchev–Trinajstić information content (AvgIpc) is 3.82. The quantitative estimate of drug-likeness (QED) is 0.282. The van der Waals surface area contributed by atoms with E-state index in [0.717, 1.165) is 6.54 Å². The molecular formula is C31H39Cl2N5O6. The lowest BCUT2D eigenvalue weighted by Crippen LogP contribution is -2.43. The van der Waals surface area contributed by atoms with Crippen LogP contribution in [0.25, 0.3) is 22.2 Å². The summed E-state index contributed by atoms with van der Waals surface area (Å²) in [6, 6.07) is 3.27. The highest BCUT2D eigenvalue weighted by Crippen LogP contribution is 2.45. The zero-order chi connectivity index (χ0) is 31.6. The van der Waals surface area contributed by atoms with E-state index in [2.05, 4.69) is 10.3 Å². The summed E-state index contributed by atoms with van der Waals surface area (Å²) < 4.78 is 24.2. The van der Waals surface area contributed by atoms with Crippen LogP contribution in [0.3, 0.4) is 0 Å². The maximum absolute atomic E-state index is 14.2. The normalized spacial score (nSPS) is 15.8. The lowest BCUT2D eigenvalue weighted by atomic mass is 10.0. The summed E-state index contributed by atoms with van der Waals surface area (Å²) in [5.41, 5.74) is 0.148. The molecule has 0 bridgehead atoms. The van der Waals surface area contributed by atoms with Gasteiger partial charge < -0.3 is 29.2 Å². The maximum Gasteiger partial charge on any atom is 0.410 e. The largest absolute Gasteiger partial charge is 0.495 e. The smallest absolute Gasteiger partial charge is 0.410 e. The monoisotopic (exact) mass is 647 g/mol. The topological polar surface area (TPSA) is 117 Å². The molecule has 1 saturated carbocycles. The highest BCUT2D eigenvalue weighted by atomic mass is 35.5. The molecule has 1 aliphatic heterocycles. The number of nitrogens with one attached hydrogen (secondary N) is 1. The molecule has 5 rings (SSSR count). The van der Waals surface area contributed by atoms with Gasteiger partial charge in [-0.05, 0) is 58.4 Å². The number of carbonyl (C=O) groups excluding carboxylic acids is 1. The Kier molecular flexibility index (Phi) is 9.77. The Balaban J connectivity index is 1.42. The fourth-order valence-electron chi connectivity index (χ4n) is 5.15. The molecule has 0 radical (unpaired) electrons. The first-order valence-electron chi connectivity index (χ1n) is 14.8. The van der Waals surface area contributed by atoms with Crippen LogP contribution in [0.5, 0.6) is 11.5 Å². The summed E-state index contributed by atoms with van der Waals surface area (Å²) in [5.74, 6) is 1.73. The van der Waals surface area contributed by atoms with Crippen molar-refractivity contribution >= 4 is 46.3 Å². The fraction of sp³-hybridized carbons (Fsp3) is 0.548. The molecule has 1 aliphatic carbocycles. The van der Waals surface area contributed by atoms with E-state index in [4.69, 9.17) is 47.1 Å². The summed E-state index contributed by atoms with van der Waals surface area (Å²) in [6.45, 7) is 7.90. The summed E-state index contributed by atoms with van der Waals surface area (Å²) >= 11 is 13.4. The highest BCUT2D eigenvalue weighted by Gasteiger charge is 2.28. The molecule has 1 aromatic carbocycles. The first-order chi connectivity index (χ1) is 21.0. The fourth-order valence-corrected chi connectivity index (χ4v) is 5.86. The third-order valence-electron chi connectivity index (χ3n) is 7.68. The number of benzene rings is 1. The molecule has 2 fully saturated rings. The molecule has 3 heterocycles. The van der Waals surface area contributed by atoms with E-state index >= 15 is 0 Å². The Morgan fingerprint density at radius 2 is 1.70 bits per heavy atom. The molecular weight excluding hydrogens is 609 g/mol. The molecule has 0 spiro atoms. The number of amides is 1. The number of aromatic nitrogens is 3. The van der Waals surface area contributed by atoms with Gasteiger partial charge in [-0.25, -0.2) is 9.78 Å². The van der Waals surface area contributed by atoms with Crippen LogP contribution in [0.2, 0.25) is 10.0 Å². The van der Waals surface area contributed by atoms with Gasteiger partial charge >= 0.3 is 6.09 Å². The third kappa shape index (κ3) is 7.33. The van der Waals surface area contributed by atoms with Crippen LogP contribution >= 0.6 is 23.2 Å². The highest BCUT2D eigenvalue weighted by molar-refractivity contribution is 6.41. The van der Waals surface area contributed by atoms with Crippen molar-refractivity contribution in [2.24, 2.45) is 5.92 Å². The van der Waals surface area contributed by atoms with Gasteiger partial charge in [-0.3, -0.25) is 9.36 Å². The second kappa shape index (κ2) is 13.4. The van der Waals surface area contributed by atoms with Gasteiger partial charge in [0.05, 0.1) is 49.1 Å². The number of hydrogen-bond acceptors (Lipinski definition) is 9. The number of piperidine rings is 1. The first kappa shape index (κ1) is 32.1. The van der Waals surface area contributed by atoms with Crippen LogP contribution in [0.1, 0.15) is 46.5 Å². The zero-order valence-electron chi connectivity index (χ0n) is 25.7. The minimum Gasteiger partial charge on any atom is -0.495 e. The van der Waals surface area contributed by atoms with E-state index in [1.807, 2.05) is 20.8 Å². The standard InChI is InChI=1S/C31H39Cl2N5O6/c1-31(2,3)44-30(40)37-10-8-20(9-11-37)43-13-12-38-27-19(17-35-29(36-27)34-16-18-6-7-18)14-21(28(38)39)24-25(32)22(41-4)15-23(42-5)26(24)33/h14-15,17-18,20H,6-13,16H2,1-5H3,(H,34,35,36). The number of ether oxygens (including phenoxy) is 4. The number of halogens is 2. The Morgan fingerprint density at radius 3 is 2.30 bits per heavy atom. The van der Waals surface area contributed by atoms with Crippen LogP contribution in [0, 0.1) is 5.92 Å². The summed E-state index contributed by atoms with van der Waals surface area (Å²) in [4.78, 5) is 37.5. The van der Waals surface area contributed by atoms with Crippen LogP contribution in [-0.4, -0.2) is 77.7 Å². The van der Waals surface area contributed by atoms with Gasteiger partial charge in [0.2, 0.25) is 5.95 Å². The number of fused-ring (bicyclic) bond motifs is 1. The predicted octanol–water partition coefficient (Wildman–Crippen LogP) is 6.02. The van der Waals surface area contributed by atoms with Gasteiger partial charge in [-0.1, -0.05) is 23.2 Å². The number of likely N-dealkylation sites (tertiary alicyclic amines) is 1. The van der Waals surface area contributed by atoms with Crippen molar-refractivity contribution in [3.63, 3.8) is 0 Å². The minimum absolute atomic E-state index is 0.0595.